The fraction of sp³-hybridized carbons (Fsp3) is 0.185. The van der Waals surface area contributed by atoms with Crippen molar-refractivity contribution in [2.45, 2.75) is 37.8 Å². The van der Waals surface area contributed by atoms with Crippen molar-refractivity contribution in [2.75, 3.05) is 5.32 Å². The fourth-order valence-corrected chi connectivity index (χ4v) is 4.30. The summed E-state index contributed by atoms with van der Waals surface area (Å²) in [5, 5.41) is 11.8. The number of Topliss-reactive ketones (excluding diaryl/α,β-unsaturated/α-hetero) is 1. The predicted molar refractivity (Wildman–Crippen MR) is 137 cm³/mol. The summed E-state index contributed by atoms with van der Waals surface area (Å²) in [5.74, 6) is 1.22. The first kappa shape index (κ1) is 24.2. The molecular weight excluding hydrogens is 460 g/mol. The normalized spacial score (nSPS) is 11.6. The van der Waals surface area contributed by atoms with Gasteiger partial charge in [-0.2, -0.15) is 0 Å². The summed E-state index contributed by atoms with van der Waals surface area (Å²) in [7, 11) is 0. The van der Waals surface area contributed by atoms with E-state index in [1.54, 1.807) is 24.3 Å². The third-order valence-corrected chi connectivity index (χ3v) is 6.42. The zero-order valence-corrected chi connectivity index (χ0v) is 20.6. The minimum absolute atomic E-state index is 0.0192. The molecule has 1 atom stereocenters. The van der Waals surface area contributed by atoms with E-state index in [9.17, 15) is 9.59 Å². The Morgan fingerprint density at radius 3 is 2.34 bits per heavy atom. The number of ketones is 1. The molecule has 7 nitrogen and oxygen atoms in total. The van der Waals surface area contributed by atoms with E-state index in [0.29, 0.717) is 22.2 Å². The van der Waals surface area contributed by atoms with Crippen molar-refractivity contribution in [3.05, 3.63) is 95.8 Å². The third kappa shape index (κ3) is 5.96. The van der Waals surface area contributed by atoms with Crippen molar-refractivity contribution in [1.82, 2.24) is 14.8 Å². The average molecular weight is 487 g/mol. The molecule has 1 aromatic heterocycles. The second-order valence-electron chi connectivity index (χ2n) is 8.01. The van der Waals surface area contributed by atoms with Gasteiger partial charge in [-0.3, -0.25) is 14.2 Å². The number of rotatable bonds is 9. The number of hydrogen-bond donors (Lipinski definition) is 1. The highest BCUT2D eigenvalue weighted by Crippen LogP contribution is 2.27. The van der Waals surface area contributed by atoms with E-state index < -0.39 is 5.25 Å². The molecular formula is C27H26N4O3S. The zero-order valence-electron chi connectivity index (χ0n) is 19.8. The summed E-state index contributed by atoms with van der Waals surface area (Å²) in [6.07, 6.45) is 0. The largest absolute Gasteiger partial charge is 0.485 e. The minimum Gasteiger partial charge on any atom is -0.485 e. The van der Waals surface area contributed by atoms with E-state index in [1.807, 2.05) is 73.0 Å². The Bertz CT molecular complexity index is 1320. The summed E-state index contributed by atoms with van der Waals surface area (Å²) in [4.78, 5) is 24.3. The van der Waals surface area contributed by atoms with Crippen LogP contribution in [0.25, 0.3) is 5.69 Å². The van der Waals surface area contributed by atoms with Crippen LogP contribution in [-0.4, -0.2) is 31.7 Å². The Morgan fingerprint density at radius 1 is 0.971 bits per heavy atom. The van der Waals surface area contributed by atoms with Gasteiger partial charge in [0, 0.05) is 16.9 Å². The molecule has 0 unspecified atom stereocenters. The summed E-state index contributed by atoms with van der Waals surface area (Å²) < 4.78 is 7.93. The molecule has 1 amide bonds. The van der Waals surface area contributed by atoms with Gasteiger partial charge in [-0.1, -0.05) is 48.2 Å². The fourth-order valence-electron chi connectivity index (χ4n) is 3.41. The first-order valence-corrected chi connectivity index (χ1v) is 12.1. The first-order valence-electron chi connectivity index (χ1n) is 11.2. The Balaban J connectivity index is 1.51. The van der Waals surface area contributed by atoms with Gasteiger partial charge in [-0.15, -0.1) is 10.2 Å². The molecule has 0 spiro atoms. The highest BCUT2D eigenvalue weighted by Gasteiger charge is 2.22. The number of carbonyl (C=O) groups is 2. The smallest absolute Gasteiger partial charge is 0.237 e. The van der Waals surface area contributed by atoms with Gasteiger partial charge < -0.3 is 10.1 Å². The van der Waals surface area contributed by atoms with Gasteiger partial charge in [-0.05, 0) is 68.8 Å². The van der Waals surface area contributed by atoms with E-state index in [4.69, 9.17) is 4.74 Å². The molecule has 0 saturated carbocycles. The van der Waals surface area contributed by atoms with Crippen LogP contribution in [0.2, 0.25) is 0 Å². The van der Waals surface area contributed by atoms with Crippen LogP contribution in [0.4, 0.5) is 5.69 Å². The predicted octanol–water partition coefficient (Wildman–Crippen LogP) is 5.48. The van der Waals surface area contributed by atoms with E-state index in [2.05, 4.69) is 15.5 Å². The van der Waals surface area contributed by atoms with Crippen LogP contribution in [0.3, 0.4) is 0 Å². The zero-order chi connectivity index (χ0) is 24.8. The maximum Gasteiger partial charge on any atom is 0.237 e. The number of aryl methyl sites for hydroxylation is 1. The lowest BCUT2D eigenvalue weighted by molar-refractivity contribution is -0.115. The highest BCUT2D eigenvalue weighted by molar-refractivity contribution is 8.00. The molecule has 4 rings (SSSR count). The Hall–Kier alpha value is -3.91. The van der Waals surface area contributed by atoms with Crippen molar-refractivity contribution in [3.8, 4) is 11.4 Å². The molecule has 0 saturated heterocycles. The van der Waals surface area contributed by atoms with Crippen LogP contribution < -0.4 is 10.1 Å². The quantitative estimate of drug-likeness (QED) is 0.249. The molecule has 4 aromatic rings. The number of carbonyl (C=O) groups excluding carboxylic acids is 2. The maximum absolute atomic E-state index is 12.9. The van der Waals surface area contributed by atoms with Crippen LogP contribution >= 0.6 is 11.8 Å². The lowest BCUT2D eigenvalue weighted by Gasteiger charge is -2.14. The summed E-state index contributed by atoms with van der Waals surface area (Å²) in [6, 6.07) is 24.4. The number of aromatic nitrogens is 3. The van der Waals surface area contributed by atoms with Crippen LogP contribution in [0.15, 0.2) is 84.0 Å². The van der Waals surface area contributed by atoms with Gasteiger partial charge in [0.05, 0.1) is 5.25 Å². The van der Waals surface area contributed by atoms with Crippen molar-refractivity contribution in [2.24, 2.45) is 0 Å². The molecule has 1 N–H and O–H groups in total. The number of anilines is 1. The van der Waals surface area contributed by atoms with Crippen molar-refractivity contribution in [1.29, 1.82) is 0 Å². The number of thioether (sulfide) groups is 1. The van der Waals surface area contributed by atoms with Gasteiger partial charge in [0.1, 0.15) is 12.4 Å². The van der Waals surface area contributed by atoms with Crippen molar-refractivity contribution in [3.63, 3.8) is 0 Å². The van der Waals surface area contributed by atoms with Crippen molar-refractivity contribution < 1.29 is 14.3 Å². The van der Waals surface area contributed by atoms with Crippen LogP contribution in [0.1, 0.15) is 35.6 Å². The van der Waals surface area contributed by atoms with Gasteiger partial charge in [-0.25, -0.2) is 0 Å². The topological polar surface area (TPSA) is 86.1 Å². The molecule has 3 aromatic carbocycles. The second kappa shape index (κ2) is 11.0. The third-order valence-electron chi connectivity index (χ3n) is 5.38. The molecule has 35 heavy (non-hydrogen) atoms. The Morgan fingerprint density at radius 2 is 1.66 bits per heavy atom. The van der Waals surface area contributed by atoms with E-state index in [0.717, 1.165) is 17.0 Å². The molecule has 178 valence electrons. The molecule has 8 heteroatoms. The molecule has 0 aliphatic rings. The molecule has 0 radical (unpaired) electrons. The van der Waals surface area contributed by atoms with Crippen LogP contribution in [-0.2, 0) is 11.4 Å². The number of amides is 1. The van der Waals surface area contributed by atoms with Gasteiger partial charge in [0.25, 0.3) is 0 Å². The highest BCUT2D eigenvalue weighted by atomic mass is 32.2. The molecule has 1 heterocycles. The number of ether oxygens (including phenoxy) is 1. The molecule has 0 fully saturated rings. The number of hydrogen-bond acceptors (Lipinski definition) is 6. The molecule has 0 bridgehead atoms. The molecule has 0 aliphatic carbocycles. The number of nitrogens with one attached hydrogen (secondary N) is 1. The average Bonchev–Trinajstić information content (AvgIpc) is 3.26. The Labute approximate surface area is 208 Å². The maximum atomic E-state index is 12.9. The second-order valence-corrected chi connectivity index (χ2v) is 9.31. The standard InChI is InChI=1S/C27H26N4O3S/c1-18-9-7-8-12-24(18)34-17-25-29-30-27(31(25)23-10-5-4-6-11-23)35-20(3)26(33)28-22-15-13-21(14-16-22)19(2)32/h4-16,20H,17H2,1-3H3,(H,28,33)/t20-/m0/s1. The number of para-hydroxylation sites is 2. The van der Waals surface area contributed by atoms with E-state index >= 15 is 0 Å². The monoisotopic (exact) mass is 486 g/mol. The summed E-state index contributed by atoms with van der Waals surface area (Å²) in [5.41, 5.74) is 3.15. The van der Waals surface area contributed by atoms with Crippen LogP contribution in [0, 0.1) is 6.92 Å². The lowest BCUT2D eigenvalue weighted by atomic mass is 10.1. The van der Waals surface area contributed by atoms with E-state index in [1.165, 1.54) is 18.7 Å². The summed E-state index contributed by atoms with van der Waals surface area (Å²) in [6.45, 7) is 5.55. The van der Waals surface area contributed by atoms with Gasteiger partial charge in [0.15, 0.2) is 16.8 Å². The lowest BCUT2D eigenvalue weighted by Crippen LogP contribution is -2.23. The Kier molecular flexibility index (Phi) is 7.62. The van der Waals surface area contributed by atoms with Gasteiger partial charge >= 0.3 is 0 Å². The van der Waals surface area contributed by atoms with Gasteiger partial charge in [0.2, 0.25) is 5.91 Å². The van der Waals surface area contributed by atoms with Crippen molar-refractivity contribution >= 4 is 29.1 Å². The minimum atomic E-state index is -0.445. The number of nitrogens with zero attached hydrogens (tertiary/aromatic N) is 3. The SMILES string of the molecule is CC(=O)c1ccc(NC(=O)[C@H](C)Sc2nnc(COc3ccccc3C)n2-c2ccccc2)cc1. The van der Waals surface area contributed by atoms with Crippen LogP contribution in [0.5, 0.6) is 5.75 Å². The number of benzene rings is 3. The summed E-state index contributed by atoms with van der Waals surface area (Å²) >= 11 is 1.31. The van der Waals surface area contributed by atoms with E-state index in [-0.39, 0.29) is 18.3 Å². The molecule has 0 aliphatic heterocycles. The first-order chi connectivity index (χ1) is 16.9.